The molecule has 1 aliphatic heterocycles. The number of hydrogen-bond donors (Lipinski definition) is 4. The lowest BCUT2D eigenvalue weighted by molar-refractivity contribution is -0.142. The second kappa shape index (κ2) is 15.3. The Kier molecular flexibility index (Phi) is 12.5. The molecule has 1 saturated heterocycles. The van der Waals surface area contributed by atoms with Gasteiger partial charge in [-0.15, -0.1) is 12.4 Å². The molecule has 38 heavy (non-hydrogen) atoms. The highest BCUT2D eigenvalue weighted by atomic mass is 35.5. The van der Waals surface area contributed by atoms with Gasteiger partial charge in [-0.1, -0.05) is 56.3 Å². The van der Waals surface area contributed by atoms with E-state index in [1.807, 2.05) is 56.3 Å². The van der Waals surface area contributed by atoms with Gasteiger partial charge in [0.1, 0.15) is 12.1 Å². The molecule has 1 aliphatic rings. The van der Waals surface area contributed by atoms with Crippen LogP contribution in [-0.2, 0) is 25.6 Å². The van der Waals surface area contributed by atoms with Crippen LogP contribution in [0.4, 0.5) is 0 Å². The maximum absolute atomic E-state index is 13.4. The Balaban J connectivity index is 0.00000507. The first-order valence-electron chi connectivity index (χ1n) is 13.2. The minimum atomic E-state index is -0.829. The molecule has 2 aromatic carbocycles. The zero-order valence-corrected chi connectivity index (χ0v) is 23.0. The predicted molar refractivity (Wildman–Crippen MR) is 151 cm³/mol. The fourth-order valence-corrected chi connectivity index (χ4v) is 4.84. The van der Waals surface area contributed by atoms with Gasteiger partial charge in [-0.2, -0.15) is 0 Å². The molecule has 0 aliphatic carbocycles. The molecular formula is C28H40ClN5O4. The molecule has 1 fully saturated rings. The summed E-state index contributed by atoms with van der Waals surface area (Å²) < 4.78 is 0. The number of nitrogens with zero attached hydrogens (tertiary/aromatic N) is 1. The van der Waals surface area contributed by atoms with E-state index in [1.165, 1.54) is 0 Å². The predicted octanol–water partition coefficient (Wildman–Crippen LogP) is 1.91. The number of fused-ring (bicyclic) bond motifs is 1. The molecule has 2 aromatic rings. The lowest BCUT2D eigenvalue weighted by Crippen LogP contribution is -2.55. The van der Waals surface area contributed by atoms with Gasteiger partial charge in [0, 0.05) is 32.0 Å². The molecule has 2 atom stereocenters. The van der Waals surface area contributed by atoms with Crippen molar-refractivity contribution in [2.75, 3.05) is 26.2 Å². The number of benzene rings is 2. The van der Waals surface area contributed by atoms with Crippen LogP contribution in [0.15, 0.2) is 42.5 Å². The van der Waals surface area contributed by atoms with Crippen molar-refractivity contribution < 1.29 is 19.2 Å². The topological polar surface area (TPSA) is 134 Å². The highest BCUT2D eigenvalue weighted by Crippen LogP contribution is 2.23. The molecule has 208 valence electrons. The van der Waals surface area contributed by atoms with Crippen LogP contribution in [0.5, 0.6) is 0 Å². The van der Waals surface area contributed by atoms with Gasteiger partial charge in [-0.05, 0) is 42.0 Å². The Morgan fingerprint density at radius 2 is 1.68 bits per heavy atom. The summed E-state index contributed by atoms with van der Waals surface area (Å²) in [6.07, 6.45) is 3.09. The molecule has 0 unspecified atom stereocenters. The van der Waals surface area contributed by atoms with Gasteiger partial charge in [-0.3, -0.25) is 19.2 Å². The second-order valence-corrected chi connectivity index (χ2v) is 9.49. The van der Waals surface area contributed by atoms with Crippen molar-refractivity contribution in [3.8, 4) is 0 Å². The first kappa shape index (κ1) is 31.1. The number of nitrogens with one attached hydrogen (secondary N) is 3. The standard InChI is InChI=1S/C28H39N5O4.ClH/c1-3-20(4-2)28(37)33-15-7-10-24(33)27(36)32-23(26(35)31-14-13-30-25(34)18-29)17-19-11-12-21-8-5-6-9-22(21)16-19;/h5-6,8-9,11-12,16,20,23-24H,3-4,7,10,13-15,17-18,29H2,1-2H3,(H,30,34)(H,31,35)(H,32,36);1H/t23-,24+;/m1./s1. The summed E-state index contributed by atoms with van der Waals surface area (Å²) in [6, 6.07) is 12.5. The molecular weight excluding hydrogens is 506 g/mol. The quantitative estimate of drug-likeness (QED) is 0.302. The molecule has 0 aromatic heterocycles. The van der Waals surface area contributed by atoms with Crippen molar-refractivity contribution in [3.05, 3.63) is 48.0 Å². The van der Waals surface area contributed by atoms with Gasteiger partial charge >= 0.3 is 0 Å². The Morgan fingerprint density at radius 1 is 1.00 bits per heavy atom. The normalized spacial score (nSPS) is 15.6. The largest absolute Gasteiger partial charge is 0.353 e. The van der Waals surface area contributed by atoms with E-state index in [0.717, 1.165) is 35.6 Å². The third-order valence-corrected chi connectivity index (χ3v) is 6.99. The van der Waals surface area contributed by atoms with Gasteiger partial charge in [0.25, 0.3) is 0 Å². The molecule has 3 rings (SSSR count). The van der Waals surface area contributed by atoms with Crippen molar-refractivity contribution in [2.45, 2.75) is 58.0 Å². The molecule has 10 heteroatoms. The van der Waals surface area contributed by atoms with E-state index in [0.29, 0.717) is 19.4 Å². The summed E-state index contributed by atoms with van der Waals surface area (Å²) in [5.41, 5.74) is 6.21. The minimum absolute atomic E-state index is 0. The van der Waals surface area contributed by atoms with Gasteiger partial charge in [0.2, 0.25) is 23.6 Å². The third kappa shape index (κ3) is 8.16. The highest BCUT2D eigenvalue weighted by molar-refractivity contribution is 5.93. The zero-order chi connectivity index (χ0) is 26.8. The summed E-state index contributed by atoms with van der Waals surface area (Å²) in [5.74, 6) is -1.06. The Labute approximate surface area is 230 Å². The summed E-state index contributed by atoms with van der Waals surface area (Å²) in [4.78, 5) is 52.6. The average molecular weight is 546 g/mol. The number of nitrogens with two attached hydrogens (primary N) is 1. The lowest BCUT2D eigenvalue weighted by atomic mass is 10.00. The lowest BCUT2D eigenvalue weighted by Gasteiger charge is -2.29. The minimum Gasteiger partial charge on any atom is -0.353 e. The first-order valence-corrected chi connectivity index (χ1v) is 13.2. The second-order valence-electron chi connectivity index (χ2n) is 9.49. The Morgan fingerprint density at radius 3 is 2.37 bits per heavy atom. The SMILES string of the molecule is CCC(CC)C(=O)N1CCC[C@H]1C(=O)N[C@H](Cc1ccc2ccccc2c1)C(=O)NCCNC(=O)CN.Cl. The first-order chi connectivity index (χ1) is 17.9. The van der Waals surface area contributed by atoms with E-state index >= 15 is 0 Å². The Bertz CT molecular complexity index is 1110. The molecule has 0 radical (unpaired) electrons. The van der Waals surface area contributed by atoms with Gasteiger partial charge < -0.3 is 26.6 Å². The number of amides is 4. The van der Waals surface area contributed by atoms with Crippen LogP contribution < -0.4 is 21.7 Å². The van der Waals surface area contributed by atoms with E-state index in [2.05, 4.69) is 16.0 Å². The summed E-state index contributed by atoms with van der Waals surface area (Å²) in [5, 5.41) is 10.5. The summed E-state index contributed by atoms with van der Waals surface area (Å²) >= 11 is 0. The van der Waals surface area contributed by atoms with Crippen LogP contribution in [0.25, 0.3) is 10.8 Å². The van der Waals surface area contributed by atoms with E-state index in [4.69, 9.17) is 5.73 Å². The number of halogens is 1. The van der Waals surface area contributed by atoms with Crippen molar-refractivity contribution in [3.63, 3.8) is 0 Å². The van der Waals surface area contributed by atoms with Crippen LogP contribution in [0.3, 0.4) is 0 Å². The van der Waals surface area contributed by atoms with Crippen LogP contribution >= 0.6 is 12.4 Å². The number of likely N-dealkylation sites (tertiary alicyclic amines) is 1. The van der Waals surface area contributed by atoms with Crippen molar-refractivity contribution in [1.82, 2.24) is 20.9 Å². The molecule has 9 nitrogen and oxygen atoms in total. The Hall–Kier alpha value is -3.17. The molecule has 1 heterocycles. The van der Waals surface area contributed by atoms with Gasteiger partial charge in [-0.25, -0.2) is 0 Å². The number of carbonyl (C=O) groups is 4. The van der Waals surface area contributed by atoms with E-state index in [9.17, 15) is 19.2 Å². The maximum atomic E-state index is 13.4. The summed E-state index contributed by atoms with van der Waals surface area (Å²) in [6.45, 7) is 4.84. The fraction of sp³-hybridized carbons (Fsp3) is 0.500. The molecule has 4 amide bonds. The van der Waals surface area contributed by atoms with Crippen molar-refractivity contribution in [1.29, 1.82) is 0 Å². The van der Waals surface area contributed by atoms with Crippen molar-refractivity contribution >= 4 is 46.8 Å². The highest BCUT2D eigenvalue weighted by Gasteiger charge is 2.37. The third-order valence-electron chi connectivity index (χ3n) is 6.99. The zero-order valence-electron chi connectivity index (χ0n) is 22.2. The van der Waals surface area contributed by atoms with Gasteiger partial charge in [0.15, 0.2) is 0 Å². The van der Waals surface area contributed by atoms with E-state index in [1.54, 1.807) is 4.90 Å². The molecule has 0 saturated carbocycles. The van der Waals surface area contributed by atoms with Gasteiger partial charge in [0.05, 0.1) is 6.54 Å². The number of hydrogen-bond acceptors (Lipinski definition) is 5. The van der Waals surface area contributed by atoms with Crippen LogP contribution in [0.1, 0.15) is 45.1 Å². The fourth-order valence-electron chi connectivity index (χ4n) is 4.84. The molecule has 5 N–H and O–H groups in total. The summed E-state index contributed by atoms with van der Waals surface area (Å²) in [7, 11) is 0. The monoisotopic (exact) mass is 545 g/mol. The molecule has 0 bridgehead atoms. The van der Waals surface area contributed by atoms with Crippen LogP contribution in [0.2, 0.25) is 0 Å². The van der Waals surface area contributed by atoms with Crippen LogP contribution in [0, 0.1) is 5.92 Å². The van der Waals surface area contributed by atoms with Crippen LogP contribution in [-0.4, -0.2) is 66.8 Å². The van der Waals surface area contributed by atoms with Crippen molar-refractivity contribution in [2.24, 2.45) is 11.7 Å². The number of carbonyl (C=O) groups excluding carboxylic acids is 4. The average Bonchev–Trinajstić information content (AvgIpc) is 3.41. The van der Waals surface area contributed by atoms with E-state index in [-0.39, 0.29) is 61.6 Å². The number of rotatable bonds is 12. The molecule has 0 spiro atoms. The maximum Gasteiger partial charge on any atom is 0.243 e. The van der Waals surface area contributed by atoms with E-state index < -0.39 is 12.1 Å². The smallest absolute Gasteiger partial charge is 0.243 e.